The Morgan fingerprint density at radius 3 is 2.83 bits per heavy atom. The van der Waals surface area contributed by atoms with Crippen LogP contribution in [0.1, 0.15) is 29.6 Å². The van der Waals surface area contributed by atoms with Crippen LogP contribution in [0.25, 0.3) is 0 Å². The molecule has 3 nitrogen and oxygen atoms in total. The zero-order chi connectivity index (χ0) is 13.1. The van der Waals surface area contributed by atoms with Crippen molar-refractivity contribution in [3.05, 3.63) is 34.1 Å². The lowest BCUT2D eigenvalue weighted by Gasteiger charge is -2.17. The second-order valence-electron chi connectivity index (χ2n) is 4.55. The molecular weight excluding hydrogens is 301 g/mol. The summed E-state index contributed by atoms with van der Waals surface area (Å²) >= 11 is 3.18. The van der Waals surface area contributed by atoms with Gasteiger partial charge in [-0.1, -0.05) is 0 Å². The maximum atomic E-state index is 12.9. The van der Waals surface area contributed by atoms with E-state index in [2.05, 4.69) is 21.2 Å². The van der Waals surface area contributed by atoms with Crippen LogP contribution in [-0.4, -0.2) is 23.7 Å². The van der Waals surface area contributed by atoms with Gasteiger partial charge < -0.3 is 10.4 Å². The molecule has 1 aliphatic rings. The number of carbonyl (C=O) groups is 1. The Bertz CT molecular complexity index is 449. The Labute approximate surface area is 114 Å². The zero-order valence-corrected chi connectivity index (χ0v) is 11.4. The van der Waals surface area contributed by atoms with Crippen molar-refractivity contribution in [2.75, 3.05) is 6.61 Å². The Morgan fingerprint density at radius 1 is 1.56 bits per heavy atom. The molecule has 1 fully saturated rings. The van der Waals surface area contributed by atoms with Gasteiger partial charge in [0, 0.05) is 17.1 Å². The van der Waals surface area contributed by atoms with Crippen molar-refractivity contribution in [2.24, 2.45) is 5.92 Å². The third-order valence-corrected chi connectivity index (χ3v) is 3.78. The van der Waals surface area contributed by atoms with Crippen molar-refractivity contribution < 1.29 is 14.3 Å². The Balaban J connectivity index is 2.05. The average Bonchev–Trinajstić information content (AvgIpc) is 3.11. The molecule has 0 aromatic heterocycles. The molecule has 18 heavy (non-hydrogen) atoms. The predicted octanol–water partition coefficient (Wildman–Crippen LogP) is 2.48. The molecule has 1 aliphatic carbocycles. The molecule has 2 rings (SSSR count). The highest BCUT2D eigenvalue weighted by atomic mass is 79.9. The first-order chi connectivity index (χ1) is 8.61. The van der Waals surface area contributed by atoms with Gasteiger partial charge in [-0.05, 0) is 59.3 Å². The number of amides is 1. The lowest BCUT2D eigenvalue weighted by molar-refractivity contribution is 0.0923. The molecule has 0 saturated heterocycles. The topological polar surface area (TPSA) is 49.3 Å². The largest absolute Gasteiger partial charge is 0.396 e. The molecule has 1 unspecified atom stereocenters. The van der Waals surface area contributed by atoms with Gasteiger partial charge in [-0.15, -0.1) is 0 Å². The van der Waals surface area contributed by atoms with Crippen LogP contribution in [0.5, 0.6) is 0 Å². The number of halogens is 2. The minimum absolute atomic E-state index is 0.0134. The lowest BCUT2D eigenvalue weighted by Crippen LogP contribution is -2.37. The van der Waals surface area contributed by atoms with Gasteiger partial charge >= 0.3 is 0 Å². The molecule has 2 N–H and O–H groups in total. The van der Waals surface area contributed by atoms with Crippen LogP contribution < -0.4 is 5.32 Å². The van der Waals surface area contributed by atoms with Gasteiger partial charge in [-0.3, -0.25) is 4.79 Å². The number of rotatable bonds is 5. The lowest BCUT2D eigenvalue weighted by atomic mass is 10.1. The maximum absolute atomic E-state index is 12.9. The molecule has 1 aromatic carbocycles. The highest BCUT2D eigenvalue weighted by molar-refractivity contribution is 9.10. The quantitative estimate of drug-likeness (QED) is 0.877. The molecule has 0 radical (unpaired) electrons. The number of hydrogen-bond acceptors (Lipinski definition) is 2. The molecule has 0 heterocycles. The molecule has 98 valence electrons. The summed E-state index contributed by atoms with van der Waals surface area (Å²) in [7, 11) is 0. The van der Waals surface area contributed by atoms with Gasteiger partial charge in [-0.25, -0.2) is 4.39 Å². The van der Waals surface area contributed by atoms with Crippen LogP contribution in [0.2, 0.25) is 0 Å². The molecule has 0 aliphatic heterocycles. The fourth-order valence-electron chi connectivity index (χ4n) is 1.98. The SMILES string of the molecule is O=C(NC(CCO)C1CC1)c1ccc(F)cc1Br. The average molecular weight is 316 g/mol. The summed E-state index contributed by atoms with van der Waals surface area (Å²) < 4.78 is 13.4. The van der Waals surface area contributed by atoms with Crippen molar-refractivity contribution in [1.29, 1.82) is 0 Å². The zero-order valence-electron chi connectivity index (χ0n) is 9.83. The summed E-state index contributed by atoms with van der Waals surface area (Å²) in [5.74, 6) is -0.139. The predicted molar refractivity (Wildman–Crippen MR) is 69.8 cm³/mol. The van der Waals surface area contributed by atoms with Crippen molar-refractivity contribution in [2.45, 2.75) is 25.3 Å². The summed E-state index contributed by atoms with van der Waals surface area (Å²) in [5, 5.41) is 11.9. The van der Waals surface area contributed by atoms with Crippen LogP contribution in [-0.2, 0) is 0 Å². The molecule has 1 amide bonds. The van der Waals surface area contributed by atoms with E-state index in [0.29, 0.717) is 22.4 Å². The molecular formula is C13H15BrFNO2. The van der Waals surface area contributed by atoms with Gasteiger partial charge in [0.2, 0.25) is 0 Å². The van der Waals surface area contributed by atoms with Gasteiger partial charge in [-0.2, -0.15) is 0 Å². The molecule has 0 bridgehead atoms. The third-order valence-electron chi connectivity index (χ3n) is 3.12. The summed E-state index contributed by atoms with van der Waals surface area (Å²) in [6.45, 7) is 0.0615. The van der Waals surface area contributed by atoms with Crippen molar-refractivity contribution in [3.8, 4) is 0 Å². The number of nitrogens with one attached hydrogen (secondary N) is 1. The molecule has 5 heteroatoms. The van der Waals surface area contributed by atoms with E-state index in [4.69, 9.17) is 5.11 Å². The van der Waals surface area contributed by atoms with E-state index in [-0.39, 0.29) is 24.4 Å². The van der Waals surface area contributed by atoms with E-state index < -0.39 is 0 Å². The van der Waals surface area contributed by atoms with Crippen LogP contribution in [0.15, 0.2) is 22.7 Å². The smallest absolute Gasteiger partial charge is 0.252 e. The van der Waals surface area contributed by atoms with E-state index in [1.54, 1.807) is 0 Å². The second-order valence-corrected chi connectivity index (χ2v) is 5.41. The summed E-state index contributed by atoms with van der Waals surface area (Å²) in [4.78, 5) is 12.0. The molecule has 0 spiro atoms. The molecule has 1 atom stereocenters. The number of aliphatic hydroxyl groups is 1. The van der Waals surface area contributed by atoms with E-state index in [0.717, 1.165) is 12.8 Å². The van der Waals surface area contributed by atoms with E-state index in [1.807, 2.05) is 0 Å². The summed E-state index contributed by atoms with van der Waals surface area (Å²) in [6, 6.07) is 4.00. The number of benzene rings is 1. The highest BCUT2D eigenvalue weighted by Crippen LogP contribution is 2.34. The monoisotopic (exact) mass is 315 g/mol. The number of carbonyl (C=O) groups excluding carboxylic acids is 1. The van der Waals surface area contributed by atoms with Crippen molar-refractivity contribution in [3.63, 3.8) is 0 Å². The fourth-order valence-corrected chi connectivity index (χ4v) is 2.51. The van der Waals surface area contributed by atoms with Crippen LogP contribution in [0.3, 0.4) is 0 Å². The fraction of sp³-hybridized carbons (Fsp3) is 0.462. The van der Waals surface area contributed by atoms with E-state index in [1.165, 1.54) is 18.2 Å². The first kappa shape index (κ1) is 13.5. The first-order valence-electron chi connectivity index (χ1n) is 5.98. The van der Waals surface area contributed by atoms with Crippen LogP contribution in [0.4, 0.5) is 4.39 Å². The van der Waals surface area contributed by atoms with Gasteiger partial charge in [0.15, 0.2) is 0 Å². The van der Waals surface area contributed by atoms with Gasteiger partial charge in [0.05, 0.1) is 5.56 Å². The van der Waals surface area contributed by atoms with Crippen LogP contribution in [0, 0.1) is 11.7 Å². The Morgan fingerprint density at radius 2 is 2.28 bits per heavy atom. The maximum Gasteiger partial charge on any atom is 0.252 e. The summed E-state index contributed by atoms with van der Waals surface area (Å²) in [6.07, 6.45) is 2.75. The minimum Gasteiger partial charge on any atom is -0.396 e. The van der Waals surface area contributed by atoms with Gasteiger partial charge in [0.25, 0.3) is 5.91 Å². The Hall–Kier alpha value is -0.940. The highest BCUT2D eigenvalue weighted by Gasteiger charge is 2.32. The van der Waals surface area contributed by atoms with E-state index >= 15 is 0 Å². The minimum atomic E-state index is -0.382. The number of hydrogen-bond donors (Lipinski definition) is 2. The second kappa shape index (κ2) is 5.80. The van der Waals surface area contributed by atoms with Crippen LogP contribution >= 0.6 is 15.9 Å². The van der Waals surface area contributed by atoms with E-state index in [9.17, 15) is 9.18 Å². The molecule has 1 aromatic rings. The molecule has 1 saturated carbocycles. The van der Waals surface area contributed by atoms with Crippen molar-refractivity contribution >= 4 is 21.8 Å². The summed E-state index contributed by atoms with van der Waals surface area (Å²) in [5.41, 5.74) is 0.417. The Kier molecular flexibility index (Phi) is 4.35. The number of aliphatic hydroxyl groups excluding tert-OH is 1. The normalized spacial score (nSPS) is 16.4. The van der Waals surface area contributed by atoms with Gasteiger partial charge in [0.1, 0.15) is 5.82 Å². The van der Waals surface area contributed by atoms with Crippen molar-refractivity contribution in [1.82, 2.24) is 5.32 Å². The standard InChI is InChI=1S/C13H15BrFNO2/c14-11-7-9(15)3-4-10(11)13(18)16-12(5-6-17)8-1-2-8/h3-4,7-8,12,17H,1-2,5-6H2,(H,16,18). The third kappa shape index (κ3) is 3.29. The first-order valence-corrected chi connectivity index (χ1v) is 6.78.